The Morgan fingerprint density at radius 1 is 0.949 bits per heavy atom. The van der Waals surface area contributed by atoms with E-state index in [1.807, 2.05) is 11.0 Å². The average molecular weight is 535 g/mol. The standard InChI is InChI=1S/C31H38N2O6/c1-19(28(36)37)32-12-14-33(15-13-32)24-18-21(17-23-27(24)31(4,5)11-10-30(23,2)3)25(34)9-7-20-6-8-22(29(38)39)26(35)16-20/h6,8,16-19,25,34-35H,10-15H2,1-5H3,(H,36,37)(H,38,39). The minimum Gasteiger partial charge on any atom is -0.507 e. The number of carboxylic acid groups (broad SMARTS) is 2. The average Bonchev–Trinajstić information content (AvgIpc) is 2.88. The Bertz CT molecular complexity index is 1340. The quantitative estimate of drug-likeness (QED) is 0.423. The molecule has 0 bridgehead atoms. The van der Waals surface area contributed by atoms with Crippen molar-refractivity contribution in [1.82, 2.24) is 4.90 Å². The normalized spacial score (nSPS) is 19.8. The van der Waals surface area contributed by atoms with E-state index in [0.717, 1.165) is 18.5 Å². The molecule has 2 aliphatic rings. The van der Waals surface area contributed by atoms with Crippen molar-refractivity contribution >= 4 is 17.6 Å². The van der Waals surface area contributed by atoms with Crippen LogP contribution in [0.1, 0.15) is 86.2 Å². The number of aliphatic carboxylic acids is 1. The number of aliphatic hydroxyl groups excluding tert-OH is 1. The SMILES string of the molecule is CC(C(=O)O)N1CCN(c2cc(C(O)C#Cc3ccc(C(=O)O)c(O)c3)cc3c2C(C)(C)CCC3(C)C)CC1. The maximum Gasteiger partial charge on any atom is 0.339 e. The molecule has 0 amide bonds. The van der Waals surface area contributed by atoms with Gasteiger partial charge in [0.1, 0.15) is 23.5 Å². The molecule has 0 saturated carbocycles. The predicted molar refractivity (Wildman–Crippen MR) is 150 cm³/mol. The molecule has 1 saturated heterocycles. The van der Waals surface area contributed by atoms with Gasteiger partial charge in [-0.15, -0.1) is 0 Å². The summed E-state index contributed by atoms with van der Waals surface area (Å²) >= 11 is 0. The molecule has 1 heterocycles. The van der Waals surface area contributed by atoms with Crippen LogP contribution in [0.25, 0.3) is 0 Å². The highest BCUT2D eigenvalue weighted by Crippen LogP contribution is 2.50. The first-order valence-corrected chi connectivity index (χ1v) is 13.4. The fraction of sp³-hybridized carbons (Fsp3) is 0.484. The Morgan fingerprint density at radius 3 is 2.18 bits per heavy atom. The van der Waals surface area contributed by atoms with E-state index in [-0.39, 0.29) is 22.1 Å². The van der Waals surface area contributed by atoms with Gasteiger partial charge in [-0.3, -0.25) is 9.69 Å². The van der Waals surface area contributed by atoms with E-state index >= 15 is 0 Å². The van der Waals surface area contributed by atoms with Crippen LogP contribution in [0.2, 0.25) is 0 Å². The highest BCUT2D eigenvalue weighted by molar-refractivity contribution is 5.90. The van der Waals surface area contributed by atoms with Gasteiger partial charge >= 0.3 is 11.9 Å². The van der Waals surface area contributed by atoms with Crippen LogP contribution in [0.5, 0.6) is 5.75 Å². The molecular weight excluding hydrogens is 496 g/mol. The number of phenols is 1. The summed E-state index contributed by atoms with van der Waals surface area (Å²) in [4.78, 5) is 27.0. The molecule has 2 atom stereocenters. The fourth-order valence-electron chi connectivity index (χ4n) is 5.72. The second kappa shape index (κ2) is 10.6. The van der Waals surface area contributed by atoms with E-state index in [4.69, 9.17) is 5.11 Å². The number of hydrogen-bond acceptors (Lipinski definition) is 6. The Morgan fingerprint density at radius 2 is 1.59 bits per heavy atom. The minimum atomic E-state index is -1.22. The lowest BCUT2D eigenvalue weighted by atomic mass is 9.62. The van der Waals surface area contributed by atoms with Crippen molar-refractivity contribution in [3.63, 3.8) is 0 Å². The molecule has 2 unspecified atom stereocenters. The van der Waals surface area contributed by atoms with Gasteiger partial charge in [-0.2, -0.15) is 0 Å². The Hall–Kier alpha value is -3.54. The molecule has 8 heteroatoms. The summed E-state index contributed by atoms with van der Waals surface area (Å²) in [6.07, 6.45) is 0.953. The van der Waals surface area contributed by atoms with E-state index in [2.05, 4.69) is 50.5 Å². The maximum absolute atomic E-state index is 11.5. The van der Waals surface area contributed by atoms with Crippen LogP contribution in [0.4, 0.5) is 5.69 Å². The Balaban J connectivity index is 1.72. The molecule has 4 rings (SSSR count). The fourth-order valence-corrected chi connectivity index (χ4v) is 5.72. The van der Waals surface area contributed by atoms with Gasteiger partial charge in [0.15, 0.2) is 0 Å². The minimum absolute atomic E-state index is 0.0652. The van der Waals surface area contributed by atoms with E-state index in [1.54, 1.807) is 6.92 Å². The summed E-state index contributed by atoms with van der Waals surface area (Å²) in [6, 6.07) is 7.62. The molecule has 1 aliphatic heterocycles. The number of hydrogen-bond donors (Lipinski definition) is 4. The molecule has 0 spiro atoms. The monoisotopic (exact) mass is 534 g/mol. The highest BCUT2D eigenvalue weighted by atomic mass is 16.4. The van der Waals surface area contributed by atoms with Gasteiger partial charge in [0.2, 0.25) is 0 Å². The van der Waals surface area contributed by atoms with Gasteiger partial charge in [-0.1, -0.05) is 45.6 Å². The van der Waals surface area contributed by atoms with Crippen molar-refractivity contribution in [3.05, 3.63) is 58.1 Å². The summed E-state index contributed by atoms with van der Waals surface area (Å²) in [6.45, 7) is 13.3. The van der Waals surface area contributed by atoms with E-state index < -0.39 is 24.1 Å². The summed E-state index contributed by atoms with van der Waals surface area (Å²) in [5.74, 6) is 3.31. The van der Waals surface area contributed by atoms with Crippen LogP contribution in [-0.2, 0) is 15.6 Å². The van der Waals surface area contributed by atoms with Crippen LogP contribution in [0.15, 0.2) is 30.3 Å². The second-order valence-electron chi connectivity index (χ2n) is 12.0. The van der Waals surface area contributed by atoms with Gasteiger partial charge in [-0.05, 0) is 71.6 Å². The number of nitrogens with zero attached hydrogens (tertiary/aromatic N) is 2. The first kappa shape index (κ1) is 28.5. The number of aromatic carboxylic acids is 1. The number of aromatic hydroxyl groups is 1. The highest BCUT2D eigenvalue weighted by Gasteiger charge is 2.40. The molecule has 1 aliphatic carbocycles. The number of aliphatic hydroxyl groups is 1. The molecule has 1 fully saturated rings. The van der Waals surface area contributed by atoms with Crippen LogP contribution in [0, 0.1) is 11.8 Å². The number of benzene rings is 2. The van der Waals surface area contributed by atoms with Crippen molar-refractivity contribution in [2.45, 2.75) is 70.4 Å². The van der Waals surface area contributed by atoms with Crippen LogP contribution in [-0.4, -0.2) is 69.5 Å². The number of carbonyl (C=O) groups is 2. The lowest BCUT2D eigenvalue weighted by Crippen LogP contribution is -2.52. The zero-order valence-corrected chi connectivity index (χ0v) is 23.3. The summed E-state index contributed by atoms with van der Waals surface area (Å²) < 4.78 is 0. The molecule has 0 radical (unpaired) electrons. The van der Waals surface area contributed by atoms with Gasteiger partial charge < -0.3 is 25.3 Å². The molecule has 0 aromatic heterocycles. The molecular formula is C31H38N2O6. The molecule has 208 valence electrons. The van der Waals surface area contributed by atoms with E-state index in [0.29, 0.717) is 37.3 Å². The molecule has 8 nitrogen and oxygen atoms in total. The molecule has 2 aromatic rings. The summed E-state index contributed by atoms with van der Waals surface area (Å²) in [5.41, 5.74) is 4.24. The lowest BCUT2D eigenvalue weighted by Gasteiger charge is -2.46. The number of fused-ring (bicyclic) bond motifs is 1. The van der Waals surface area contributed by atoms with Crippen LogP contribution < -0.4 is 4.90 Å². The number of anilines is 1. The van der Waals surface area contributed by atoms with Gasteiger partial charge in [0.25, 0.3) is 0 Å². The van der Waals surface area contributed by atoms with Gasteiger partial charge in [0, 0.05) is 37.4 Å². The summed E-state index contributed by atoms with van der Waals surface area (Å²) in [5, 5.41) is 39.7. The number of piperazine rings is 1. The third-order valence-electron chi connectivity index (χ3n) is 8.38. The van der Waals surface area contributed by atoms with Crippen molar-refractivity contribution in [2.75, 3.05) is 31.1 Å². The first-order chi connectivity index (χ1) is 18.2. The van der Waals surface area contributed by atoms with Crippen molar-refractivity contribution in [3.8, 4) is 17.6 Å². The summed E-state index contributed by atoms with van der Waals surface area (Å²) in [7, 11) is 0. The van der Waals surface area contributed by atoms with E-state index in [1.165, 1.54) is 29.3 Å². The lowest BCUT2D eigenvalue weighted by molar-refractivity contribution is -0.142. The number of rotatable bonds is 5. The predicted octanol–water partition coefficient (Wildman–Crippen LogP) is 4.12. The van der Waals surface area contributed by atoms with Gasteiger partial charge in [0.05, 0.1) is 0 Å². The van der Waals surface area contributed by atoms with Crippen molar-refractivity contribution in [2.24, 2.45) is 0 Å². The zero-order valence-electron chi connectivity index (χ0n) is 23.3. The van der Waals surface area contributed by atoms with Gasteiger partial charge in [-0.25, -0.2) is 4.79 Å². The third-order valence-corrected chi connectivity index (χ3v) is 8.38. The van der Waals surface area contributed by atoms with E-state index in [9.17, 15) is 24.9 Å². The van der Waals surface area contributed by atoms with Crippen molar-refractivity contribution < 1.29 is 30.0 Å². The Kier molecular flexibility index (Phi) is 7.70. The van der Waals surface area contributed by atoms with Crippen LogP contribution >= 0.6 is 0 Å². The number of carboxylic acids is 2. The maximum atomic E-state index is 11.5. The second-order valence-corrected chi connectivity index (χ2v) is 12.0. The molecule has 39 heavy (non-hydrogen) atoms. The molecule has 4 N–H and O–H groups in total. The molecule has 2 aromatic carbocycles. The first-order valence-electron chi connectivity index (χ1n) is 13.4. The smallest absolute Gasteiger partial charge is 0.339 e. The Labute approximate surface area is 229 Å². The van der Waals surface area contributed by atoms with Crippen molar-refractivity contribution in [1.29, 1.82) is 0 Å². The topological polar surface area (TPSA) is 122 Å². The zero-order chi connectivity index (χ0) is 28.7. The third kappa shape index (κ3) is 5.75. The largest absolute Gasteiger partial charge is 0.507 e. The van der Waals surface area contributed by atoms with Crippen LogP contribution in [0.3, 0.4) is 0 Å².